The van der Waals surface area contributed by atoms with E-state index in [0.717, 1.165) is 29.0 Å². The molecule has 0 spiro atoms. The van der Waals surface area contributed by atoms with Crippen LogP contribution < -0.4 is 14.8 Å². The van der Waals surface area contributed by atoms with Gasteiger partial charge in [-0.3, -0.25) is 0 Å². The van der Waals surface area contributed by atoms with Crippen LogP contribution in [-0.2, 0) is 4.74 Å². The monoisotopic (exact) mass is 343 g/mol. The first-order valence-electron chi connectivity index (χ1n) is 6.81. The van der Waals surface area contributed by atoms with Gasteiger partial charge in [-0.15, -0.1) is 0 Å². The molecule has 0 radical (unpaired) electrons. The Morgan fingerprint density at radius 2 is 1.95 bits per heavy atom. The molecule has 1 saturated heterocycles. The first kappa shape index (κ1) is 15.6. The van der Waals surface area contributed by atoms with Crippen molar-refractivity contribution in [3.05, 3.63) is 22.2 Å². The van der Waals surface area contributed by atoms with Crippen LogP contribution >= 0.6 is 15.9 Å². The summed E-state index contributed by atoms with van der Waals surface area (Å²) in [4.78, 5) is 0. The molecule has 3 atom stereocenters. The van der Waals surface area contributed by atoms with Gasteiger partial charge in [-0.05, 0) is 38.1 Å². The van der Waals surface area contributed by atoms with Crippen molar-refractivity contribution >= 4 is 15.9 Å². The maximum Gasteiger partial charge on any atom is 0.161 e. The van der Waals surface area contributed by atoms with Gasteiger partial charge in [-0.2, -0.15) is 0 Å². The summed E-state index contributed by atoms with van der Waals surface area (Å²) < 4.78 is 17.5. The van der Waals surface area contributed by atoms with E-state index in [9.17, 15) is 0 Å². The number of methoxy groups -OCH3 is 2. The molecule has 0 bridgehead atoms. The minimum absolute atomic E-state index is 0.231. The first-order valence-corrected chi connectivity index (χ1v) is 7.60. The van der Waals surface area contributed by atoms with E-state index in [2.05, 4.69) is 28.2 Å². The summed E-state index contributed by atoms with van der Waals surface area (Å²) in [5, 5.41) is 3.40. The lowest BCUT2D eigenvalue weighted by Gasteiger charge is -2.24. The fourth-order valence-corrected chi connectivity index (χ4v) is 3.40. The fraction of sp³-hybridized carbons (Fsp3) is 0.600. The van der Waals surface area contributed by atoms with Gasteiger partial charge in [0, 0.05) is 16.4 Å². The van der Waals surface area contributed by atoms with Crippen molar-refractivity contribution in [2.75, 3.05) is 27.9 Å². The molecule has 1 aliphatic rings. The van der Waals surface area contributed by atoms with Gasteiger partial charge in [0.1, 0.15) is 0 Å². The third-order valence-electron chi connectivity index (χ3n) is 3.85. The Balaban J connectivity index is 2.34. The van der Waals surface area contributed by atoms with Crippen LogP contribution in [0.4, 0.5) is 0 Å². The third-order valence-corrected chi connectivity index (χ3v) is 4.54. The van der Waals surface area contributed by atoms with Gasteiger partial charge >= 0.3 is 0 Å². The van der Waals surface area contributed by atoms with E-state index in [-0.39, 0.29) is 6.04 Å². The predicted molar refractivity (Wildman–Crippen MR) is 82.6 cm³/mol. The lowest BCUT2D eigenvalue weighted by atomic mass is 9.91. The second kappa shape index (κ2) is 6.78. The fourth-order valence-electron chi connectivity index (χ4n) is 2.84. The molecule has 5 heteroatoms. The minimum atomic E-state index is 0.231. The molecule has 1 heterocycles. The van der Waals surface area contributed by atoms with Crippen LogP contribution in [0.15, 0.2) is 16.6 Å². The molecule has 1 aliphatic heterocycles. The van der Waals surface area contributed by atoms with Crippen molar-refractivity contribution in [3.8, 4) is 11.5 Å². The van der Waals surface area contributed by atoms with Gasteiger partial charge in [0.15, 0.2) is 11.5 Å². The Morgan fingerprint density at radius 1 is 1.30 bits per heavy atom. The topological polar surface area (TPSA) is 39.7 Å². The Morgan fingerprint density at radius 3 is 2.45 bits per heavy atom. The number of rotatable bonds is 5. The summed E-state index contributed by atoms with van der Waals surface area (Å²) in [6.07, 6.45) is 1.39. The number of nitrogens with one attached hydrogen (secondary N) is 1. The van der Waals surface area contributed by atoms with Crippen molar-refractivity contribution in [2.45, 2.75) is 25.5 Å². The number of hydrogen-bond acceptors (Lipinski definition) is 4. The van der Waals surface area contributed by atoms with Gasteiger partial charge in [-0.25, -0.2) is 0 Å². The summed E-state index contributed by atoms with van der Waals surface area (Å²) in [7, 11) is 5.29. The molecule has 3 unspecified atom stereocenters. The standard InChI is InChI=1S/C15H22BrNO3/c1-9-5-10(8-20-9)15(17-2)11-6-13(18-3)14(19-4)7-12(11)16/h6-7,9-10,15,17H,5,8H2,1-4H3. The largest absolute Gasteiger partial charge is 0.493 e. The normalized spacial score (nSPS) is 23.6. The summed E-state index contributed by atoms with van der Waals surface area (Å²) >= 11 is 3.64. The molecule has 0 saturated carbocycles. The molecule has 112 valence electrons. The van der Waals surface area contributed by atoms with Crippen LogP contribution in [0.25, 0.3) is 0 Å². The molecule has 0 amide bonds. The lowest BCUT2D eigenvalue weighted by molar-refractivity contribution is 0.117. The molecule has 2 rings (SSSR count). The molecule has 1 aromatic carbocycles. The Bertz CT molecular complexity index is 467. The van der Waals surface area contributed by atoms with E-state index in [1.165, 1.54) is 5.56 Å². The summed E-state index contributed by atoms with van der Waals surface area (Å²) in [6.45, 7) is 2.91. The zero-order chi connectivity index (χ0) is 14.7. The van der Waals surface area contributed by atoms with Crippen molar-refractivity contribution in [2.24, 2.45) is 5.92 Å². The molecule has 20 heavy (non-hydrogen) atoms. The molecule has 1 fully saturated rings. The molecule has 1 N–H and O–H groups in total. The smallest absolute Gasteiger partial charge is 0.161 e. The van der Waals surface area contributed by atoms with Crippen LogP contribution in [0.5, 0.6) is 11.5 Å². The van der Waals surface area contributed by atoms with Crippen LogP contribution in [0.1, 0.15) is 24.9 Å². The SMILES string of the molecule is CNC(c1cc(OC)c(OC)cc1Br)C1COC(C)C1. The number of benzene rings is 1. The highest BCUT2D eigenvalue weighted by Gasteiger charge is 2.31. The summed E-state index contributed by atoms with van der Waals surface area (Å²) in [5.74, 6) is 1.94. The summed E-state index contributed by atoms with van der Waals surface area (Å²) in [6, 6.07) is 4.22. The Kier molecular flexibility index (Phi) is 5.29. The first-order chi connectivity index (χ1) is 9.60. The zero-order valence-electron chi connectivity index (χ0n) is 12.4. The van der Waals surface area contributed by atoms with Crippen molar-refractivity contribution < 1.29 is 14.2 Å². The van der Waals surface area contributed by atoms with Crippen LogP contribution in [0, 0.1) is 5.92 Å². The van der Waals surface area contributed by atoms with Crippen molar-refractivity contribution in [1.29, 1.82) is 0 Å². The molecule has 0 aliphatic carbocycles. The van der Waals surface area contributed by atoms with Crippen LogP contribution in [0.2, 0.25) is 0 Å². The number of halogens is 1. The summed E-state index contributed by atoms with van der Waals surface area (Å²) in [5.41, 5.74) is 1.17. The van der Waals surface area contributed by atoms with E-state index in [1.807, 2.05) is 19.2 Å². The van der Waals surface area contributed by atoms with Crippen molar-refractivity contribution in [3.63, 3.8) is 0 Å². The van der Waals surface area contributed by atoms with Gasteiger partial charge in [0.2, 0.25) is 0 Å². The van der Waals surface area contributed by atoms with Crippen LogP contribution in [-0.4, -0.2) is 34.0 Å². The van der Waals surface area contributed by atoms with Gasteiger partial charge < -0.3 is 19.5 Å². The van der Waals surface area contributed by atoms with E-state index in [1.54, 1.807) is 14.2 Å². The van der Waals surface area contributed by atoms with Gasteiger partial charge in [0.25, 0.3) is 0 Å². The van der Waals surface area contributed by atoms with Crippen molar-refractivity contribution in [1.82, 2.24) is 5.32 Å². The van der Waals surface area contributed by atoms with E-state index in [0.29, 0.717) is 12.0 Å². The molecule has 1 aromatic rings. The predicted octanol–water partition coefficient (Wildman–Crippen LogP) is 3.15. The maximum absolute atomic E-state index is 5.70. The van der Waals surface area contributed by atoms with E-state index < -0.39 is 0 Å². The highest BCUT2D eigenvalue weighted by atomic mass is 79.9. The highest BCUT2D eigenvalue weighted by Crippen LogP contribution is 2.40. The Labute approximate surface area is 128 Å². The van der Waals surface area contributed by atoms with Gasteiger partial charge in [-0.1, -0.05) is 15.9 Å². The second-order valence-corrected chi connectivity index (χ2v) is 5.99. The molecule has 0 aromatic heterocycles. The molecule has 4 nitrogen and oxygen atoms in total. The zero-order valence-corrected chi connectivity index (χ0v) is 14.0. The number of hydrogen-bond donors (Lipinski definition) is 1. The average Bonchev–Trinajstić information content (AvgIpc) is 2.87. The average molecular weight is 344 g/mol. The van der Waals surface area contributed by atoms with E-state index in [4.69, 9.17) is 14.2 Å². The van der Waals surface area contributed by atoms with Crippen LogP contribution in [0.3, 0.4) is 0 Å². The minimum Gasteiger partial charge on any atom is -0.493 e. The molecular weight excluding hydrogens is 322 g/mol. The number of ether oxygens (including phenoxy) is 3. The second-order valence-electron chi connectivity index (χ2n) is 5.13. The third kappa shape index (κ3) is 3.10. The highest BCUT2D eigenvalue weighted by molar-refractivity contribution is 9.10. The lowest BCUT2D eigenvalue weighted by Crippen LogP contribution is -2.26. The Hall–Kier alpha value is -0.780. The maximum atomic E-state index is 5.70. The van der Waals surface area contributed by atoms with Gasteiger partial charge in [0.05, 0.1) is 26.9 Å². The molecular formula is C15H22BrNO3. The van der Waals surface area contributed by atoms with E-state index >= 15 is 0 Å². The quantitative estimate of drug-likeness (QED) is 0.891.